The zero-order valence-corrected chi connectivity index (χ0v) is 9.04. The van der Waals surface area contributed by atoms with E-state index in [4.69, 9.17) is 14.6 Å². The van der Waals surface area contributed by atoms with Gasteiger partial charge in [0, 0.05) is 6.42 Å². The van der Waals surface area contributed by atoms with Gasteiger partial charge in [0.2, 0.25) is 0 Å². The third-order valence-corrected chi connectivity index (χ3v) is 2.19. The summed E-state index contributed by atoms with van der Waals surface area (Å²) in [5, 5.41) is 8.52. The lowest BCUT2D eigenvalue weighted by atomic mass is 10.1. The summed E-state index contributed by atoms with van der Waals surface area (Å²) in [6.07, 6.45) is 1.71. The van der Waals surface area contributed by atoms with Gasteiger partial charge in [0.1, 0.15) is 6.61 Å². The maximum Gasteiger partial charge on any atom is 0.163 e. The van der Waals surface area contributed by atoms with Gasteiger partial charge in [-0.1, -0.05) is 18.8 Å². The number of aliphatic hydroxyl groups excluding tert-OH is 1. The molecule has 3 heteroatoms. The summed E-state index contributed by atoms with van der Waals surface area (Å²) in [7, 11) is 0. The molecule has 0 aromatic rings. The summed E-state index contributed by atoms with van der Waals surface area (Å²) < 4.78 is 11.4. The topological polar surface area (TPSA) is 38.7 Å². The van der Waals surface area contributed by atoms with E-state index in [1.165, 1.54) is 0 Å². The van der Waals surface area contributed by atoms with Crippen LogP contribution < -0.4 is 0 Å². The third-order valence-electron chi connectivity index (χ3n) is 2.19. The van der Waals surface area contributed by atoms with E-state index >= 15 is 0 Å². The molecule has 0 amide bonds. The minimum Gasteiger partial charge on any atom is -0.384 e. The molecule has 0 saturated carbocycles. The number of ether oxygens (including phenoxy) is 2. The molecular weight excluding hydrogens is 180 g/mol. The molecule has 1 rings (SSSR count). The number of aliphatic hydroxyl groups is 1. The predicted octanol–water partition coefficient (Wildman–Crippen LogP) is 1.30. The fraction of sp³-hybridized carbons (Fsp3) is 0.818. The molecule has 14 heavy (non-hydrogen) atoms. The standard InChI is InChI=1S/C11H18O3/c1-4-9-10(7-5-6-8-12)14-11(2,3)13-9/h9-10,12H,4,7-8H2,1-3H3/t9-,10-/m0/s1. The Morgan fingerprint density at radius 3 is 2.43 bits per heavy atom. The Balaban J connectivity index is 2.51. The van der Waals surface area contributed by atoms with E-state index in [9.17, 15) is 0 Å². The average Bonchev–Trinajstić information content (AvgIpc) is 2.41. The fourth-order valence-electron chi connectivity index (χ4n) is 1.66. The van der Waals surface area contributed by atoms with E-state index < -0.39 is 5.79 Å². The summed E-state index contributed by atoms with van der Waals surface area (Å²) >= 11 is 0. The molecule has 1 fully saturated rings. The quantitative estimate of drug-likeness (QED) is 0.680. The van der Waals surface area contributed by atoms with Crippen LogP contribution in [0, 0.1) is 11.8 Å². The molecule has 1 N–H and O–H groups in total. The molecule has 0 bridgehead atoms. The van der Waals surface area contributed by atoms with Crippen LogP contribution in [0.2, 0.25) is 0 Å². The van der Waals surface area contributed by atoms with Crippen molar-refractivity contribution in [3.63, 3.8) is 0 Å². The van der Waals surface area contributed by atoms with Crippen molar-refractivity contribution in [1.82, 2.24) is 0 Å². The van der Waals surface area contributed by atoms with Gasteiger partial charge in [0.05, 0.1) is 12.2 Å². The van der Waals surface area contributed by atoms with Crippen LogP contribution in [0.15, 0.2) is 0 Å². The Hall–Kier alpha value is -0.560. The van der Waals surface area contributed by atoms with Crippen LogP contribution in [0.1, 0.15) is 33.6 Å². The Labute approximate surface area is 85.4 Å². The van der Waals surface area contributed by atoms with Gasteiger partial charge in [-0.05, 0) is 20.3 Å². The first-order chi connectivity index (χ1) is 6.59. The lowest BCUT2D eigenvalue weighted by molar-refractivity contribution is -0.145. The fourth-order valence-corrected chi connectivity index (χ4v) is 1.66. The van der Waals surface area contributed by atoms with Gasteiger partial charge in [-0.2, -0.15) is 0 Å². The van der Waals surface area contributed by atoms with Gasteiger partial charge < -0.3 is 14.6 Å². The monoisotopic (exact) mass is 198 g/mol. The second-order valence-corrected chi connectivity index (χ2v) is 3.84. The van der Waals surface area contributed by atoms with Crippen LogP contribution in [0.3, 0.4) is 0 Å². The van der Waals surface area contributed by atoms with Crippen molar-refractivity contribution in [3.05, 3.63) is 0 Å². The average molecular weight is 198 g/mol. The Morgan fingerprint density at radius 2 is 1.86 bits per heavy atom. The van der Waals surface area contributed by atoms with E-state index in [1.807, 2.05) is 13.8 Å². The molecular formula is C11H18O3. The van der Waals surface area contributed by atoms with Crippen molar-refractivity contribution >= 4 is 0 Å². The van der Waals surface area contributed by atoms with Gasteiger partial charge in [-0.3, -0.25) is 0 Å². The van der Waals surface area contributed by atoms with Crippen LogP contribution in [0.25, 0.3) is 0 Å². The minimum absolute atomic E-state index is 0.0362. The van der Waals surface area contributed by atoms with Gasteiger partial charge in [0.25, 0.3) is 0 Å². The Kier molecular flexibility index (Phi) is 3.94. The highest BCUT2D eigenvalue weighted by atomic mass is 16.7. The summed E-state index contributed by atoms with van der Waals surface area (Å²) in [4.78, 5) is 0. The molecule has 0 spiro atoms. The second-order valence-electron chi connectivity index (χ2n) is 3.84. The molecule has 80 valence electrons. The Bertz CT molecular complexity index is 237. The molecule has 0 aromatic carbocycles. The van der Waals surface area contributed by atoms with Gasteiger partial charge in [0.15, 0.2) is 5.79 Å². The highest BCUT2D eigenvalue weighted by Crippen LogP contribution is 2.31. The van der Waals surface area contributed by atoms with Gasteiger partial charge >= 0.3 is 0 Å². The van der Waals surface area contributed by atoms with E-state index in [1.54, 1.807) is 0 Å². The number of rotatable bonds is 2. The molecule has 0 unspecified atom stereocenters. The third kappa shape index (κ3) is 2.98. The lowest BCUT2D eigenvalue weighted by Crippen LogP contribution is -2.21. The summed E-state index contributed by atoms with van der Waals surface area (Å²) in [5.74, 6) is 5.00. The van der Waals surface area contributed by atoms with Crippen molar-refractivity contribution in [1.29, 1.82) is 0 Å². The minimum atomic E-state index is -0.494. The molecule has 1 aliphatic rings. The maximum absolute atomic E-state index is 8.52. The summed E-state index contributed by atoms with van der Waals surface area (Å²) in [5.41, 5.74) is 0. The lowest BCUT2D eigenvalue weighted by Gasteiger charge is -2.16. The van der Waals surface area contributed by atoms with Crippen molar-refractivity contribution in [2.75, 3.05) is 6.61 Å². The zero-order chi connectivity index (χ0) is 10.6. The van der Waals surface area contributed by atoms with Crippen molar-refractivity contribution in [2.45, 2.75) is 51.6 Å². The maximum atomic E-state index is 8.52. The van der Waals surface area contributed by atoms with Crippen LogP contribution in [0.5, 0.6) is 0 Å². The molecule has 0 aromatic heterocycles. The molecule has 1 aliphatic heterocycles. The molecule has 0 radical (unpaired) electrons. The van der Waals surface area contributed by atoms with Crippen LogP contribution >= 0.6 is 0 Å². The van der Waals surface area contributed by atoms with Crippen molar-refractivity contribution < 1.29 is 14.6 Å². The molecule has 2 atom stereocenters. The first kappa shape index (κ1) is 11.5. The predicted molar refractivity (Wildman–Crippen MR) is 53.6 cm³/mol. The first-order valence-electron chi connectivity index (χ1n) is 5.01. The smallest absolute Gasteiger partial charge is 0.163 e. The van der Waals surface area contributed by atoms with Crippen LogP contribution in [0.4, 0.5) is 0 Å². The largest absolute Gasteiger partial charge is 0.384 e. The van der Waals surface area contributed by atoms with E-state index in [-0.39, 0.29) is 18.8 Å². The number of hydrogen-bond donors (Lipinski definition) is 1. The zero-order valence-electron chi connectivity index (χ0n) is 9.04. The van der Waals surface area contributed by atoms with E-state index in [0.717, 1.165) is 6.42 Å². The summed E-state index contributed by atoms with van der Waals surface area (Å²) in [6.45, 7) is 5.81. The normalized spacial score (nSPS) is 29.7. The van der Waals surface area contributed by atoms with Gasteiger partial charge in [-0.15, -0.1) is 0 Å². The SMILES string of the molecule is CC[C@@H]1OC(C)(C)O[C@H]1CC#CCO. The molecule has 1 saturated heterocycles. The first-order valence-corrected chi connectivity index (χ1v) is 5.01. The molecule has 1 heterocycles. The number of hydrogen-bond acceptors (Lipinski definition) is 3. The highest BCUT2D eigenvalue weighted by molar-refractivity contribution is 5.02. The molecule has 3 nitrogen and oxygen atoms in total. The Morgan fingerprint density at radius 1 is 1.21 bits per heavy atom. The summed E-state index contributed by atoms with van der Waals surface area (Å²) in [6, 6.07) is 0. The van der Waals surface area contributed by atoms with Crippen LogP contribution in [-0.2, 0) is 9.47 Å². The molecule has 0 aliphatic carbocycles. The highest BCUT2D eigenvalue weighted by Gasteiger charge is 2.39. The van der Waals surface area contributed by atoms with Crippen molar-refractivity contribution in [2.24, 2.45) is 0 Å². The van der Waals surface area contributed by atoms with Gasteiger partial charge in [-0.25, -0.2) is 0 Å². The van der Waals surface area contributed by atoms with Crippen molar-refractivity contribution in [3.8, 4) is 11.8 Å². The van der Waals surface area contributed by atoms with Crippen LogP contribution in [-0.4, -0.2) is 29.7 Å². The second kappa shape index (κ2) is 4.79. The van der Waals surface area contributed by atoms with E-state index in [2.05, 4.69) is 18.8 Å². The van der Waals surface area contributed by atoms with E-state index in [0.29, 0.717) is 6.42 Å².